The molecule has 0 radical (unpaired) electrons. The molecule has 7 heteroatoms. The van der Waals surface area contributed by atoms with Gasteiger partial charge in [0.05, 0.1) is 26.5 Å². The Balaban J connectivity index is 1.87. The van der Waals surface area contributed by atoms with Gasteiger partial charge in [-0.15, -0.1) is 0 Å². The number of nitrogens with zero attached hydrogens (tertiary/aromatic N) is 1. The van der Waals surface area contributed by atoms with Crippen LogP contribution in [-0.2, 0) is 4.79 Å². The van der Waals surface area contributed by atoms with Crippen LogP contribution in [-0.4, -0.2) is 37.5 Å². The quantitative estimate of drug-likeness (QED) is 0.505. The number of phenols is 1. The molecule has 2 rings (SSSR count). The van der Waals surface area contributed by atoms with E-state index >= 15 is 0 Å². The van der Waals surface area contributed by atoms with Gasteiger partial charge in [0.25, 0.3) is 5.91 Å². The minimum Gasteiger partial charge on any atom is -0.504 e. The van der Waals surface area contributed by atoms with Crippen molar-refractivity contribution < 1.29 is 19.4 Å². The summed E-state index contributed by atoms with van der Waals surface area (Å²) < 4.78 is 10.4. The molecule has 2 aromatic carbocycles. The second kappa shape index (κ2) is 9.17. The van der Waals surface area contributed by atoms with E-state index in [1.807, 2.05) is 25.1 Å². The van der Waals surface area contributed by atoms with Gasteiger partial charge in [-0.1, -0.05) is 12.1 Å². The molecule has 0 spiro atoms. The largest absolute Gasteiger partial charge is 0.504 e. The molecule has 0 unspecified atom stereocenters. The third-order valence-electron chi connectivity index (χ3n) is 3.25. The Morgan fingerprint density at radius 1 is 1.28 bits per heavy atom. The van der Waals surface area contributed by atoms with Gasteiger partial charge in [-0.3, -0.25) is 4.79 Å². The number of ether oxygens (including phenoxy) is 2. The number of amides is 1. The van der Waals surface area contributed by atoms with E-state index in [4.69, 9.17) is 9.47 Å². The number of benzene rings is 2. The topological polar surface area (TPSA) is 92.2 Å². The van der Waals surface area contributed by atoms with Crippen LogP contribution < -0.4 is 20.2 Å². The Morgan fingerprint density at radius 2 is 2.08 bits per heavy atom. The highest BCUT2D eigenvalue weighted by Gasteiger charge is 2.06. The summed E-state index contributed by atoms with van der Waals surface area (Å²) in [5.74, 6) is 0.738. The molecule has 0 atom stereocenters. The van der Waals surface area contributed by atoms with Crippen molar-refractivity contribution in [2.24, 2.45) is 5.10 Å². The number of para-hydroxylation sites is 1. The molecule has 0 bridgehead atoms. The average molecular weight is 343 g/mol. The van der Waals surface area contributed by atoms with Crippen LogP contribution in [0.1, 0.15) is 12.5 Å². The summed E-state index contributed by atoms with van der Waals surface area (Å²) in [7, 11) is 1.58. The van der Waals surface area contributed by atoms with E-state index in [-0.39, 0.29) is 18.2 Å². The maximum absolute atomic E-state index is 11.8. The molecule has 132 valence electrons. The van der Waals surface area contributed by atoms with Crippen LogP contribution in [0.3, 0.4) is 0 Å². The lowest BCUT2D eigenvalue weighted by molar-refractivity contribution is -0.119. The van der Waals surface area contributed by atoms with Crippen molar-refractivity contribution in [3.63, 3.8) is 0 Å². The molecular weight excluding hydrogens is 322 g/mol. The average Bonchev–Trinajstić information content (AvgIpc) is 2.63. The predicted molar refractivity (Wildman–Crippen MR) is 96.5 cm³/mol. The number of methoxy groups -OCH3 is 1. The lowest BCUT2D eigenvalue weighted by atomic mass is 10.2. The van der Waals surface area contributed by atoms with E-state index in [1.165, 1.54) is 6.21 Å². The normalized spacial score (nSPS) is 10.5. The highest BCUT2D eigenvalue weighted by atomic mass is 16.5. The molecule has 1 amide bonds. The van der Waals surface area contributed by atoms with Crippen molar-refractivity contribution >= 4 is 17.8 Å². The predicted octanol–water partition coefficient (Wildman–Crippen LogP) is 2.36. The molecule has 0 aliphatic rings. The molecule has 0 fully saturated rings. The van der Waals surface area contributed by atoms with E-state index in [0.717, 1.165) is 5.69 Å². The number of nitrogens with one attached hydrogen (secondary N) is 2. The number of rotatable bonds is 8. The monoisotopic (exact) mass is 343 g/mol. The fourth-order valence-corrected chi connectivity index (χ4v) is 2.04. The van der Waals surface area contributed by atoms with Crippen molar-refractivity contribution in [2.75, 3.05) is 25.6 Å². The molecule has 0 saturated heterocycles. The number of anilines is 1. The minimum atomic E-state index is -0.320. The molecule has 0 saturated carbocycles. The number of carbonyl (C=O) groups excluding carboxylic acids is 1. The third-order valence-corrected chi connectivity index (χ3v) is 3.25. The second-order valence-corrected chi connectivity index (χ2v) is 5.01. The highest BCUT2D eigenvalue weighted by Crippen LogP contribution is 2.28. The highest BCUT2D eigenvalue weighted by molar-refractivity contribution is 5.87. The molecule has 25 heavy (non-hydrogen) atoms. The summed E-state index contributed by atoms with van der Waals surface area (Å²) in [6.45, 7) is 2.33. The second-order valence-electron chi connectivity index (χ2n) is 5.01. The zero-order valence-electron chi connectivity index (χ0n) is 14.2. The molecule has 0 heterocycles. The Morgan fingerprint density at radius 3 is 2.84 bits per heavy atom. The summed E-state index contributed by atoms with van der Waals surface area (Å²) in [5, 5.41) is 16.8. The molecule has 0 aliphatic heterocycles. The van der Waals surface area contributed by atoms with Gasteiger partial charge in [-0.25, -0.2) is 5.43 Å². The summed E-state index contributed by atoms with van der Waals surface area (Å²) in [6, 6.07) is 12.3. The lowest BCUT2D eigenvalue weighted by Crippen LogP contribution is -2.25. The number of hydrazone groups is 1. The standard InChI is InChI=1S/C18H21N3O4/c1-3-25-16-9-4-6-13(18(16)23)11-20-21-17(22)12-19-14-7-5-8-15(10-14)24-2/h4-11,19,23H,3,12H2,1-2H3,(H,21,22)/b20-11+. The van der Waals surface area contributed by atoms with Gasteiger partial charge in [0.2, 0.25) is 0 Å². The van der Waals surface area contributed by atoms with Crippen LogP contribution in [0.5, 0.6) is 17.2 Å². The summed E-state index contributed by atoms with van der Waals surface area (Å²) in [6.07, 6.45) is 1.36. The summed E-state index contributed by atoms with van der Waals surface area (Å²) >= 11 is 0. The van der Waals surface area contributed by atoms with Crippen molar-refractivity contribution in [1.82, 2.24) is 5.43 Å². The van der Waals surface area contributed by atoms with E-state index in [1.54, 1.807) is 31.4 Å². The van der Waals surface area contributed by atoms with Crippen molar-refractivity contribution in [3.8, 4) is 17.2 Å². The first-order valence-electron chi connectivity index (χ1n) is 7.78. The van der Waals surface area contributed by atoms with Crippen molar-refractivity contribution in [3.05, 3.63) is 48.0 Å². The SMILES string of the molecule is CCOc1cccc(/C=N/NC(=O)CNc2cccc(OC)c2)c1O. The first-order chi connectivity index (χ1) is 12.1. The zero-order valence-corrected chi connectivity index (χ0v) is 14.2. The zero-order chi connectivity index (χ0) is 18.1. The van der Waals surface area contributed by atoms with Crippen molar-refractivity contribution in [1.29, 1.82) is 0 Å². The minimum absolute atomic E-state index is 0.0168. The molecular formula is C18H21N3O4. The maximum Gasteiger partial charge on any atom is 0.259 e. The van der Waals surface area contributed by atoms with Crippen LogP contribution in [0.15, 0.2) is 47.6 Å². The Labute approximate surface area is 146 Å². The molecule has 7 nitrogen and oxygen atoms in total. The van der Waals surface area contributed by atoms with Crippen LogP contribution in [0.2, 0.25) is 0 Å². The van der Waals surface area contributed by atoms with Gasteiger partial charge in [-0.2, -0.15) is 5.10 Å². The fraction of sp³-hybridized carbons (Fsp3) is 0.222. The van der Waals surface area contributed by atoms with Gasteiger partial charge in [0.1, 0.15) is 5.75 Å². The van der Waals surface area contributed by atoms with Crippen LogP contribution in [0.25, 0.3) is 0 Å². The lowest BCUT2D eigenvalue weighted by Gasteiger charge is -2.08. The Kier molecular flexibility index (Phi) is 6.65. The van der Waals surface area contributed by atoms with Gasteiger partial charge in [0.15, 0.2) is 11.5 Å². The smallest absolute Gasteiger partial charge is 0.259 e. The van der Waals surface area contributed by atoms with Gasteiger partial charge in [0, 0.05) is 17.3 Å². The summed E-state index contributed by atoms with van der Waals surface area (Å²) in [4.78, 5) is 11.8. The van der Waals surface area contributed by atoms with Crippen molar-refractivity contribution in [2.45, 2.75) is 6.92 Å². The van der Waals surface area contributed by atoms with Crippen LogP contribution in [0, 0.1) is 0 Å². The number of carbonyl (C=O) groups is 1. The van der Waals surface area contributed by atoms with Crippen LogP contribution >= 0.6 is 0 Å². The Bertz CT molecular complexity index is 747. The first kappa shape index (κ1) is 18.1. The number of hydrogen-bond acceptors (Lipinski definition) is 6. The fourth-order valence-electron chi connectivity index (χ4n) is 2.04. The van der Waals surface area contributed by atoms with Gasteiger partial charge < -0.3 is 19.9 Å². The van der Waals surface area contributed by atoms with Gasteiger partial charge in [-0.05, 0) is 31.2 Å². The third kappa shape index (κ3) is 5.42. The molecule has 0 aliphatic carbocycles. The van der Waals surface area contributed by atoms with E-state index in [9.17, 15) is 9.90 Å². The Hall–Kier alpha value is -3.22. The number of aromatic hydroxyl groups is 1. The number of hydrogen-bond donors (Lipinski definition) is 3. The summed E-state index contributed by atoms with van der Waals surface area (Å²) in [5.41, 5.74) is 3.61. The number of phenolic OH excluding ortho intramolecular Hbond substituents is 1. The molecule has 3 N–H and O–H groups in total. The van der Waals surface area contributed by atoms with Gasteiger partial charge >= 0.3 is 0 Å². The maximum atomic E-state index is 11.8. The van der Waals surface area contributed by atoms with E-state index < -0.39 is 0 Å². The molecule has 0 aromatic heterocycles. The van der Waals surface area contributed by atoms with Crippen LogP contribution in [0.4, 0.5) is 5.69 Å². The molecule has 2 aromatic rings. The van der Waals surface area contributed by atoms with E-state index in [2.05, 4.69) is 15.8 Å². The van der Waals surface area contributed by atoms with E-state index in [0.29, 0.717) is 23.7 Å². The first-order valence-corrected chi connectivity index (χ1v) is 7.78.